The van der Waals surface area contributed by atoms with Gasteiger partial charge < -0.3 is 14.1 Å². The van der Waals surface area contributed by atoms with Crippen LogP contribution in [-0.2, 0) is 11.3 Å². The number of furan rings is 1. The second-order valence-electron chi connectivity index (χ2n) is 6.38. The molecule has 3 rings (SSSR count). The number of amides is 1. The zero-order valence-corrected chi connectivity index (χ0v) is 14.4. The summed E-state index contributed by atoms with van der Waals surface area (Å²) < 4.78 is 11.2. The summed E-state index contributed by atoms with van der Waals surface area (Å²) in [5.41, 5.74) is 0.566. The first-order valence-corrected chi connectivity index (χ1v) is 8.67. The van der Waals surface area contributed by atoms with Gasteiger partial charge in [0.15, 0.2) is 6.10 Å². The van der Waals surface area contributed by atoms with Crippen molar-refractivity contribution in [3.05, 3.63) is 54.0 Å². The van der Waals surface area contributed by atoms with Crippen molar-refractivity contribution in [1.82, 2.24) is 4.90 Å². The Morgan fingerprint density at radius 3 is 2.64 bits per heavy atom. The molecular formula is C20H22N2O3. The molecule has 1 aromatic carbocycles. The van der Waals surface area contributed by atoms with E-state index < -0.39 is 6.10 Å². The molecule has 1 fully saturated rings. The van der Waals surface area contributed by atoms with Crippen LogP contribution in [0.25, 0.3) is 0 Å². The third-order valence-electron chi connectivity index (χ3n) is 4.60. The van der Waals surface area contributed by atoms with Crippen LogP contribution >= 0.6 is 0 Å². The molecule has 1 amide bonds. The van der Waals surface area contributed by atoms with Gasteiger partial charge in [-0.3, -0.25) is 4.79 Å². The van der Waals surface area contributed by atoms with Crippen molar-refractivity contribution in [3.8, 4) is 11.8 Å². The number of carbonyl (C=O) groups is 1. The molecule has 1 aromatic heterocycles. The Balaban J connectivity index is 1.70. The topological polar surface area (TPSA) is 66.5 Å². The van der Waals surface area contributed by atoms with Gasteiger partial charge in [0, 0.05) is 6.04 Å². The van der Waals surface area contributed by atoms with Crippen LogP contribution in [0.3, 0.4) is 0 Å². The number of ether oxygens (including phenoxy) is 1. The summed E-state index contributed by atoms with van der Waals surface area (Å²) >= 11 is 0. The first-order chi connectivity index (χ1) is 12.2. The van der Waals surface area contributed by atoms with Gasteiger partial charge in [-0.1, -0.05) is 12.8 Å². The number of nitrogens with zero attached hydrogens (tertiary/aromatic N) is 2. The zero-order valence-electron chi connectivity index (χ0n) is 14.4. The summed E-state index contributed by atoms with van der Waals surface area (Å²) in [7, 11) is 0. The molecule has 5 heteroatoms. The SMILES string of the molecule is CC(Oc1ccc(C#N)cc1)C(=O)N(Cc1ccco1)C1CCCC1. The van der Waals surface area contributed by atoms with E-state index in [2.05, 4.69) is 6.07 Å². The lowest BCUT2D eigenvalue weighted by atomic mass is 10.1. The first kappa shape index (κ1) is 17.1. The van der Waals surface area contributed by atoms with E-state index in [1.54, 1.807) is 37.5 Å². The van der Waals surface area contributed by atoms with Crippen molar-refractivity contribution in [1.29, 1.82) is 5.26 Å². The maximum Gasteiger partial charge on any atom is 0.264 e. The molecular weight excluding hydrogens is 316 g/mol. The van der Waals surface area contributed by atoms with E-state index in [4.69, 9.17) is 14.4 Å². The minimum atomic E-state index is -0.594. The smallest absolute Gasteiger partial charge is 0.264 e. The maximum atomic E-state index is 13.0. The summed E-state index contributed by atoms with van der Waals surface area (Å²) in [5, 5.41) is 8.85. The summed E-state index contributed by atoms with van der Waals surface area (Å²) in [5.74, 6) is 1.34. The molecule has 0 bridgehead atoms. The predicted octanol–water partition coefficient (Wildman–Crippen LogP) is 3.89. The average molecular weight is 338 g/mol. The van der Waals surface area contributed by atoms with Gasteiger partial charge in [0.05, 0.1) is 24.4 Å². The molecule has 1 atom stereocenters. The fourth-order valence-corrected chi connectivity index (χ4v) is 3.27. The molecule has 1 heterocycles. The van der Waals surface area contributed by atoms with E-state index in [9.17, 15) is 4.79 Å². The average Bonchev–Trinajstić information content (AvgIpc) is 3.33. The van der Waals surface area contributed by atoms with Crippen LogP contribution < -0.4 is 4.74 Å². The highest BCUT2D eigenvalue weighted by molar-refractivity contribution is 5.81. The summed E-state index contributed by atoms with van der Waals surface area (Å²) in [6.07, 6.45) is 5.38. The van der Waals surface area contributed by atoms with E-state index in [1.165, 1.54) is 0 Å². The van der Waals surface area contributed by atoms with Crippen LogP contribution in [0.15, 0.2) is 47.1 Å². The third kappa shape index (κ3) is 4.21. The second-order valence-corrected chi connectivity index (χ2v) is 6.38. The molecule has 1 aliphatic rings. The van der Waals surface area contributed by atoms with Gasteiger partial charge in [-0.25, -0.2) is 0 Å². The Kier molecular flexibility index (Phi) is 5.39. The predicted molar refractivity (Wildman–Crippen MR) is 92.8 cm³/mol. The monoisotopic (exact) mass is 338 g/mol. The quantitative estimate of drug-likeness (QED) is 0.801. The van der Waals surface area contributed by atoms with Crippen molar-refractivity contribution >= 4 is 5.91 Å². The van der Waals surface area contributed by atoms with E-state index in [0.717, 1.165) is 31.4 Å². The highest BCUT2D eigenvalue weighted by Gasteiger charge is 2.31. The molecule has 0 saturated heterocycles. The highest BCUT2D eigenvalue weighted by atomic mass is 16.5. The molecule has 25 heavy (non-hydrogen) atoms. The van der Waals surface area contributed by atoms with Gasteiger partial charge >= 0.3 is 0 Å². The molecule has 1 unspecified atom stereocenters. The normalized spacial score (nSPS) is 15.5. The standard InChI is InChI=1S/C20H22N2O3/c1-15(25-18-10-8-16(13-21)9-11-18)20(23)22(17-5-2-3-6-17)14-19-7-4-12-24-19/h4,7-12,15,17H,2-3,5-6,14H2,1H3. The number of carbonyl (C=O) groups excluding carboxylic acids is 1. The first-order valence-electron chi connectivity index (χ1n) is 8.67. The molecule has 5 nitrogen and oxygen atoms in total. The van der Waals surface area contributed by atoms with E-state index in [-0.39, 0.29) is 11.9 Å². The van der Waals surface area contributed by atoms with E-state index in [1.807, 2.05) is 17.0 Å². The van der Waals surface area contributed by atoms with Crippen LogP contribution in [0.2, 0.25) is 0 Å². The summed E-state index contributed by atoms with van der Waals surface area (Å²) in [6.45, 7) is 2.24. The lowest BCUT2D eigenvalue weighted by Crippen LogP contribution is -2.45. The van der Waals surface area contributed by atoms with Gasteiger partial charge in [-0.2, -0.15) is 5.26 Å². The Hall–Kier alpha value is -2.74. The molecule has 2 aromatic rings. The van der Waals surface area contributed by atoms with Crippen LogP contribution in [-0.4, -0.2) is 23.0 Å². The lowest BCUT2D eigenvalue weighted by Gasteiger charge is -2.30. The van der Waals surface area contributed by atoms with Crippen molar-refractivity contribution < 1.29 is 13.9 Å². The third-order valence-corrected chi connectivity index (χ3v) is 4.60. The molecule has 0 aliphatic heterocycles. The second kappa shape index (κ2) is 7.89. The fourth-order valence-electron chi connectivity index (χ4n) is 3.27. The van der Waals surface area contributed by atoms with Gasteiger partial charge in [-0.15, -0.1) is 0 Å². The minimum absolute atomic E-state index is 0.0346. The Labute approximate surface area is 147 Å². The van der Waals surface area contributed by atoms with Crippen molar-refractivity contribution in [3.63, 3.8) is 0 Å². The van der Waals surface area contributed by atoms with Gasteiger partial charge in [0.25, 0.3) is 5.91 Å². The Morgan fingerprint density at radius 1 is 1.32 bits per heavy atom. The van der Waals surface area contributed by atoms with E-state index >= 15 is 0 Å². The minimum Gasteiger partial charge on any atom is -0.481 e. The molecule has 0 spiro atoms. The van der Waals surface area contributed by atoms with Crippen molar-refractivity contribution in [2.45, 2.75) is 51.3 Å². The van der Waals surface area contributed by atoms with Crippen molar-refractivity contribution in [2.75, 3.05) is 0 Å². The highest BCUT2D eigenvalue weighted by Crippen LogP contribution is 2.26. The summed E-state index contributed by atoms with van der Waals surface area (Å²) in [4.78, 5) is 14.9. The zero-order chi connectivity index (χ0) is 17.6. The van der Waals surface area contributed by atoms with Crippen molar-refractivity contribution in [2.24, 2.45) is 0 Å². The fraction of sp³-hybridized carbons (Fsp3) is 0.400. The number of hydrogen-bond acceptors (Lipinski definition) is 4. The maximum absolute atomic E-state index is 13.0. The molecule has 130 valence electrons. The largest absolute Gasteiger partial charge is 0.481 e. The molecule has 1 saturated carbocycles. The van der Waals surface area contributed by atoms with Crippen LogP contribution in [0.5, 0.6) is 5.75 Å². The van der Waals surface area contributed by atoms with Gasteiger partial charge in [-0.05, 0) is 56.2 Å². The van der Waals surface area contributed by atoms with E-state index in [0.29, 0.717) is 17.9 Å². The van der Waals surface area contributed by atoms with Crippen LogP contribution in [0.1, 0.15) is 43.9 Å². The van der Waals surface area contributed by atoms with Gasteiger partial charge in [0.1, 0.15) is 11.5 Å². The Morgan fingerprint density at radius 2 is 2.04 bits per heavy atom. The molecule has 0 radical (unpaired) electrons. The molecule has 1 aliphatic carbocycles. The molecule has 0 N–H and O–H groups in total. The Bertz CT molecular complexity index is 725. The number of nitriles is 1. The number of hydrogen-bond donors (Lipinski definition) is 0. The number of benzene rings is 1. The lowest BCUT2D eigenvalue weighted by molar-refractivity contribution is -0.141. The van der Waals surface area contributed by atoms with Crippen LogP contribution in [0, 0.1) is 11.3 Å². The number of rotatable bonds is 6. The summed E-state index contributed by atoms with van der Waals surface area (Å²) in [6, 6.07) is 12.8. The van der Waals surface area contributed by atoms with Gasteiger partial charge in [0.2, 0.25) is 0 Å². The van der Waals surface area contributed by atoms with Crippen LogP contribution in [0.4, 0.5) is 0 Å².